The molecule has 0 aliphatic heterocycles. The van der Waals surface area contributed by atoms with Gasteiger partial charge in [0.1, 0.15) is 0 Å². The molecule has 0 saturated heterocycles. The molecular weight excluding hydrogens is 172 g/mol. The summed E-state index contributed by atoms with van der Waals surface area (Å²) in [6, 6.07) is 0. The summed E-state index contributed by atoms with van der Waals surface area (Å²) >= 11 is 0. The smallest absolute Gasteiger partial charge is 0.0283 e. The van der Waals surface area contributed by atoms with E-state index in [9.17, 15) is 0 Å². The Bertz CT molecular complexity index is 210. The van der Waals surface area contributed by atoms with Gasteiger partial charge in [-0.15, -0.1) is 0 Å². The number of hydrogen-bond acceptors (Lipinski definition) is 2. The molecule has 0 aromatic carbocycles. The van der Waals surface area contributed by atoms with Crippen LogP contribution >= 0.6 is 0 Å². The van der Waals surface area contributed by atoms with E-state index in [1.54, 1.807) is 0 Å². The van der Waals surface area contributed by atoms with Gasteiger partial charge in [0.05, 0.1) is 0 Å². The van der Waals surface area contributed by atoms with Crippen LogP contribution in [0.3, 0.4) is 0 Å². The van der Waals surface area contributed by atoms with Crippen molar-refractivity contribution in [2.24, 2.45) is 11.7 Å². The van der Waals surface area contributed by atoms with E-state index in [4.69, 9.17) is 5.73 Å². The fourth-order valence-corrected chi connectivity index (χ4v) is 2.61. The predicted molar refractivity (Wildman–Crippen MR) is 60.2 cm³/mol. The molecule has 0 aromatic heterocycles. The lowest BCUT2D eigenvalue weighted by molar-refractivity contribution is 0.222. The highest BCUT2D eigenvalue weighted by Gasteiger charge is 2.39. The molecule has 2 aliphatic rings. The highest BCUT2D eigenvalue weighted by atomic mass is 15.0. The lowest BCUT2D eigenvalue weighted by Gasteiger charge is -2.38. The molecule has 0 spiro atoms. The van der Waals surface area contributed by atoms with E-state index < -0.39 is 0 Å². The Hall–Kier alpha value is -0.0800. The van der Waals surface area contributed by atoms with Crippen molar-refractivity contribution in [3.63, 3.8) is 0 Å². The molecule has 14 heavy (non-hydrogen) atoms. The molecule has 0 bridgehead atoms. The zero-order valence-corrected chi connectivity index (χ0v) is 9.60. The monoisotopic (exact) mass is 196 g/mol. The molecule has 0 radical (unpaired) electrons. The topological polar surface area (TPSA) is 38.0 Å². The van der Waals surface area contributed by atoms with Crippen LogP contribution in [0.2, 0.25) is 0 Å². The molecular formula is C12H24N2. The van der Waals surface area contributed by atoms with Gasteiger partial charge in [-0.2, -0.15) is 0 Å². The second-order valence-corrected chi connectivity index (χ2v) is 5.98. The average Bonchev–Trinajstić information content (AvgIpc) is 2.82. The zero-order chi connectivity index (χ0) is 10.2. The first-order valence-corrected chi connectivity index (χ1v) is 6.05. The van der Waals surface area contributed by atoms with E-state index in [-0.39, 0.29) is 5.54 Å². The van der Waals surface area contributed by atoms with Crippen LogP contribution in [0.25, 0.3) is 0 Å². The summed E-state index contributed by atoms with van der Waals surface area (Å²) in [5.74, 6) is 0.822. The van der Waals surface area contributed by atoms with Gasteiger partial charge < -0.3 is 11.1 Å². The van der Waals surface area contributed by atoms with Gasteiger partial charge in [-0.25, -0.2) is 0 Å². The van der Waals surface area contributed by atoms with Crippen LogP contribution in [0.4, 0.5) is 0 Å². The van der Waals surface area contributed by atoms with E-state index in [0.717, 1.165) is 12.5 Å². The van der Waals surface area contributed by atoms with Crippen molar-refractivity contribution < 1.29 is 0 Å². The maximum atomic E-state index is 6.42. The van der Waals surface area contributed by atoms with Crippen molar-refractivity contribution in [2.45, 2.75) is 63.5 Å². The molecule has 2 rings (SSSR count). The minimum absolute atomic E-state index is 0.0866. The van der Waals surface area contributed by atoms with Crippen LogP contribution in [-0.4, -0.2) is 17.6 Å². The highest BCUT2D eigenvalue weighted by Crippen LogP contribution is 2.36. The van der Waals surface area contributed by atoms with Crippen LogP contribution in [0, 0.1) is 5.92 Å². The molecule has 2 atom stereocenters. The summed E-state index contributed by atoms with van der Waals surface area (Å²) in [5.41, 5.74) is 6.95. The Morgan fingerprint density at radius 2 is 2.07 bits per heavy atom. The third-order valence-electron chi connectivity index (χ3n) is 3.99. The number of rotatable bonds is 3. The van der Waals surface area contributed by atoms with E-state index in [1.165, 1.54) is 38.5 Å². The molecule has 2 heteroatoms. The van der Waals surface area contributed by atoms with Gasteiger partial charge in [-0.1, -0.05) is 19.8 Å². The van der Waals surface area contributed by atoms with Gasteiger partial charge >= 0.3 is 0 Å². The molecule has 2 fully saturated rings. The van der Waals surface area contributed by atoms with Crippen molar-refractivity contribution in [3.8, 4) is 0 Å². The van der Waals surface area contributed by atoms with Crippen LogP contribution in [-0.2, 0) is 0 Å². The van der Waals surface area contributed by atoms with Gasteiger partial charge in [0, 0.05) is 17.6 Å². The van der Waals surface area contributed by atoms with Crippen LogP contribution in [0.1, 0.15) is 52.4 Å². The van der Waals surface area contributed by atoms with Crippen molar-refractivity contribution in [2.75, 3.05) is 6.54 Å². The van der Waals surface area contributed by atoms with Crippen molar-refractivity contribution >= 4 is 0 Å². The maximum Gasteiger partial charge on any atom is 0.0283 e. The summed E-state index contributed by atoms with van der Waals surface area (Å²) in [6.45, 7) is 5.66. The number of nitrogens with two attached hydrogens (primary N) is 1. The Labute approximate surface area is 87.6 Å². The summed E-state index contributed by atoms with van der Waals surface area (Å²) in [7, 11) is 0. The minimum atomic E-state index is 0.0866. The third-order valence-corrected chi connectivity index (χ3v) is 3.99. The first-order valence-electron chi connectivity index (χ1n) is 6.05. The quantitative estimate of drug-likeness (QED) is 0.725. The van der Waals surface area contributed by atoms with Crippen LogP contribution in [0.15, 0.2) is 0 Å². The van der Waals surface area contributed by atoms with E-state index in [2.05, 4.69) is 19.2 Å². The maximum absolute atomic E-state index is 6.42. The fourth-order valence-electron chi connectivity index (χ4n) is 2.61. The van der Waals surface area contributed by atoms with Crippen molar-refractivity contribution in [3.05, 3.63) is 0 Å². The summed E-state index contributed by atoms with van der Waals surface area (Å²) < 4.78 is 0. The Kier molecular flexibility index (Phi) is 2.61. The van der Waals surface area contributed by atoms with E-state index in [1.807, 2.05) is 0 Å². The average molecular weight is 196 g/mol. The fraction of sp³-hybridized carbons (Fsp3) is 1.00. The summed E-state index contributed by atoms with van der Waals surface area (Å²) in [4.78, 5) is 0. The second kappa shape index (κ2) is 3.49. The molecule has 0 heterocycles. The van der Waals surface area contributed by atoms with Gasteiger partial charge in [-0.3, -0.25) is 0 Å². The number of hydrogen-bond donors (Lipinski definition) is 2. The Balaban J connectivity index is 1.81. The van der Waals surface area contributed by atoms with Crippen LogP contribution in [0.5, 0.6) is 0 Å². The zero-order valence-electron chi connectivity index (χ0n) is 9.60. The second-order valence-electron chi connectivity index (χ2n) is 5.98. The molecule has 2 saturated carbocycles. The van der Waals surface area contributed by atoms with Gasteiger partial charge in [0.2, 0.25) is 0 Å². The highest BCUT2D eigenvalue weighted by molar-refractivity contribution is 5.01. The summed E-state index contributed by atoms with van der Waals surface area (Å²) in [5, 5.41) is 3.64. The normalized spacial score (nSPS) is 40.9. The molecule has 2 nitrogen and oxygen atoms in total. The van der Waals surface area contributed by atoms with Gasteiger partial charge in [-0.05, 0) is 38.5 Å². The Morgan fingerprint density at radius 3 is 2.64 bits per heavy atom. The number of nitrogens with one attached hydrogen (secondary N) is 1. The van der Waals surface area contributed by atoms with Crippen molar-refractivity contribution in [1.29, 1.82) is 0 Å². The molecule has 0 amide bonds. The Morgan fingerprint density at radius 1 is 1.36 bits per heavy atom. The lowest BCUT2D eigenvalue weighted by Crippen LogP contribution is -2.53. The summed E-state index contributed by atoms with van der Waals surface area (Å²) in [6.07, 6.45) is 7.76. The molecule has 2 unspecified atom stereocenters. The first kappa shape index (κ1) is 10.4. The molecule has 2 aliphatic carbocycles. The third kappa shape index (κ3) is 2.48. The standard InChI is InChI=1S/C12H24N2/c1-10-4-3-5-12(13,8-10)9-14-11(2)6-7-11/h10,14H,3-9,13H2,1-2H3. The van der Waals surface area contributed by atoms with Crippen molar-refractivity contribution in [1.82, 2.24) is 5.32 Å². The lowest BCUT2D eigenvalue weighted by atomic mass is 9.77. The molecule has 0 aromatic rings. The van der Waals surface area contributed by atoms with Crippen LogP contribution < -0.4 is 11.1 Å². The predicted octanol–water partition coefficient (Wildman–Crippen LogP) is 2.04. The SMILES string of the molecule is CC1CCCC(N)(CNC2(C)CC2)C1. The van der Waals surface area contributed by atoms with E-state index in [0.29, 0.717) is 5.54 Å². The van der Waals surface area contributed by atoms with E-state index >= 15 is 0 Å². The van der Waals surface area contributed by atoms with Gasteiger partial charge in [0.25, 0.3) is 0 Å². The van der Waals surface area contributed by atoms with Gasteiger partial charge in [0.15, 0.2) is 0 Å². The largest absolute Gasteiger partial charge is 0.324 e. The minimum Gasteiger partial charge on any atom is -0.324 e. The molecule has 82 valence electrons. The molecule has 3 N–H and O–H groups in total. The first-order chi connectivity index (χ1) is 6.52.